The minimum atomic E-state index is -0.209. The number of rotatable bonds is 9. The molecule has 0 atom stereocenters. The largest absolute Gasteiger partial charge is 0.507 e. The van der Waals surface area contributed by atoms with Gasteiger partial charge in [-0.05, 0) is 47.9 Å². The summed E-state index contributed by atoms with van der Waals surface area (Å²) >= 11 is 0. The Kier molecular flexibility index (Phi) is 9.70. The van der Waals surface area contributed by atoms with E-state index in [0.717, 1.165) is 35.2 Å². The summed E-state index contributed by atoms with van der Waals surface area (Å²) in [7, 11) is 0. The van der Waals surface area contributed by atoms with Gasteiger partial charge in [0, 0.05) is 22.9 Å². The molecule has 0 amide bonds. The van der Waals surface area contributed by atoms with Gasteiger partial charge >= 0.3 is 0 Å². The molecule has 2 N–H and O–H groups in total. The van der Waals surface area contributed by atoms with Crippen LogP contribution in [0.2, 0.25) is 0 Å². The third-order valence-corrected chi connectivity index (χ3v) is 5.69. The molecule has 0 saturated carbocycles. The topological polar surface area (TPSA) is 57.0 Å². The van der Waals surface area contributed by atoms with Crippen LogP contribution in [0.4, 0.5) is 5.69 Å². The Morgan fingerprint density at radius 2 is 1.45 bits per heavy atom. The highest BCUT2D eigenvalue weighted by atomic mass is 16.3. The van der Waals surface area contributed by atoms with Gasteiger partial charge in [0.25, 0.3) is 0 Å². The summed E-state index contributed by atoms with van der Waals surface area (Å²) in [4.78, 5) is 4.87. The third kappa shape index (κ3) is 8.34. The number of nitrogens with zero attached hydrogens (tertiary/aromatic N) is 2. The number of benzene rings is 2. The predicted octanol–water partition coefficient (Wildman–Crippen LogP) is 8.00. The molecule has 2 rings (SSSR count). The van der Waals surface area contributed by atoms with E-state index in [1.54, 1.807) is 0 Å². The number of phenols is 1. The Labute approximate surface area is 201 Å². The number of para-hydroxylation sites is 1. The molecule has 0 aliphatic rings. The van der Waals surface area contributed by atoms with Gasteiger partial charge in [0.05, 0.1) is 5.69 Å². The van der Waals surface area contributed by atoms with E-state index >= 15 is 0 Å². The van der Waals surface area contributed by atoms with Gasteiger partial charge < -0.3 is 5.11 Å². The number of unbranched alkanes of at least 4 members (excludes halogenated alkanes) is 5. The van der Waals surface area contributed by atoms with Crippen LogP contribution in [0.5, 0.6) is 5.75 Å². The van der Waals surface area contributed by atoms with E-state index in [2.05, 4.69) is 59.0 Å². The van der Waals surface area contributed by atoms with Crippen LogP contribution in [0, 0.1) is 0 Å². The van der Waals surface area contributed by atoms with Crippen LogP contribution in [0.3, 0.4) is 0 Å². The lowest BCUT2D eigenvalue weighted by molar-refractivity contribution is 0.423. The predicted molar refractivity (Wildman–Crippen MR) is 143 cm³/mol. The second-order valence-corrected chi connectivity index (χ2v) is 10.8. The van der Waals surface area contributed by atoms with Gasteiger partial charge in [-0.1, -0.05) is 92.3 Å². The molecule has 2 aromatic rings. The molecule has 0 heterocycles. The van der Waals surface area contributed by atoms with Crippen molar-refractivity contribution >= 4 is 17.7 Å². The molecule has 33 heavy (non-hydrogen) atoms. The second-order valence-electron chi connectivity index (χ2n) is 10.8. The fourth-order valence-corrected chi connectivity index (χ4v) is 3.71. The lowest BCUT2D eigenvalue weighted by Crippen LogP contribution is -2.23. The fourth-order valence-electron chi connectivity index (χ4n) is 3.71. The minimum absolute atomic E-state index is 0.209. The molecule has 0 bridgehead atoms. The molecule has 180 valence electrons. The molecule has 4 nitrogen and oxygen atoms in total. The molecular weight excluding hydrogens is 406 g/mol. The van der Waals surface area contributed by atoms with Crippen LogP contribution in [-0.2, 0) is 10.8 Å². The SMILES string of the molecule is CCCCCCCC=NNC(=Nc1ccccc1)c1cc(C(C)(C)C)c(O)c(C(C)(C)C)c1. The summed E-state index contributed by atoms with van der Waals surface area (Å²) in [6.07, 6.45) is 9.14. The molecule has 0 fully saturated rings. The Bertz CT molecular complexity index is 897. The summed E-state index contributed by atoms with van der Waals surface area (Å²) < 4.78 is 0. The molecule has 0 saturated heterocycles. The van der Waals surface area contributed by atoms with Crippen molar-refractivity contribution in [2.75, 3.05) is 0 Å². The van der Waals surface area contributed by atoms with E-state index in [-0.39, 0.29) is 10.8 Å². The molecule has 0 radical (unpaired) electrons. The van der Waals surface area contributed by atoms with Crippen molar-refractivity contribution in [3.05, 3.63) is 59.2 Å². The van der Waals surface area contributed by atoms with Crippen molar-refractivity contribution in [1.29, 1.82) is 0 Å². The zero-order chi connectivity index (χ0) is 24.5. The highest BCUT2D eigenvalue weighted by molar-refractivity contribution is 6.01. The van der Waals surface area contributed by atoms with Crippen LogP contribution in [0.25, 0.3) is 0 Å². The maximum absolute atomic E-state index is 11.1. The van der Waals surface area contributed by atoms with E-state index in [1.165, 1.54) is 25.7 Å². The quantitative estimate of drug-likeness (QED) is 0.176. The monoisotopic (exact) mass is 449 g/mol. The highest BCUT2D eigenvalue weighted by Gasteiger charge is 2.27. The average Bonchev–Trinajstić information content (AvgIpc) is 2.74. The van der Waals surface area contributed by atoms with E-state index in [1.807, 2.05) is 48.7 Å². The zero-order valence-corrected chi connectivity index (χ0v) is 21.7. The maximum atomic E-state index is 11.1. The normalized spacial score (nSPS) is 13.0. The van der Waals surface area contributed by atoms with Crippen LogP contribution in [0.1, 0.15) is 104 Å². The first kappa shape index (κ1) is 26.6. The van der Waals surface area contributed by atoms with Crippen molar-refractivity contribution in [3.63, 3.8) is 0 Å². The van der Waals surface area contributed by atoms with Crippen LogP contribution >= 0.6 is 0 Å². The van der Waals surface area contributed by atoms with Crippen molar-refractivity contribution < 1.29 is 5.11 Å². The summed E-state index contributed by atoms with van der Waals surface area (Å²) in [6, 6.07) is 14.0. The number of phenolic OH excluding ortho intramolecular Hbond substituents is 1. The Morgan fingerprint density at radius 1 is 0.879 bits per heavy atom. The van der Waals surface area contributed by atoms with Crippen molar-refractivity contribution in [3.8, 4) is 5.75 Å². The van der Waals surface area contributed by atoms with Gasteiger partial charge in [-0.3, -0.25) is 5.43 Å². The van der Waals surface area contributed by atoms with Gasteiger partial charge in [0.2, 0.25) is 0 Å². The number of hydrogen-bond acceptors (Lipinski definition) is 3. The summed E-state index contributed by atoms with van der Waals surface area (Å²) in [6.45, 7) is 15.0. The second kappa shape index (κ2) is 12.0. The van der Waals surface area contributed by atoms with Gasteiger partial charge in [0.15, 0.2) is 5.84 Å². The summed E-state index contributed by atoms with van der Waals surface area (Å²) in [5, 5.41) is 15.6. The van der Waals surface area contributed by atoms with Crippen molar-refractivity contribution in [2.24, 2.45) is 10.1 Å². The Morgan fingerprint density at radius 3 is 2.00 bits per heavy atom. The van der Waals surface area contributed by atoms with Crippen molar-refractivity contribution in [2.45, 2.75) is 97.8 Å². The number of aromatic hydroxyl groups is 1. The van der Waals surface area contributed by atoms with E-state index in [0.29, 0.717) is 11.6 Å². The lowest BCUT2D eigenvalue weighted by Gasteiger charge is -2.28. The highest BCUT2D eigenvalue weighted by Crippen LogP contribution is 2.40. The Balaban J connectivity index is 2.41. The smallest absolute Gasteiger partial charge is 0.154 e. The molecule has 0 aromatic heterocycles. The third-order valence-electron chi connectivity index (χ3n) is 5.69. The van der Waals surface area contributed by atoms with Crippen LogP contribution in [0.15, 0.2) is 52.6 Å². The summed E-state index contributed by atoms with van der Waals surface area (Å²) in [5.74, 6) is 1.05. The molecule has 4 heteroatoms. The molecule has 0 spiro atoms. The molecule has 0 unspecified atom stereocenters. The first-order valence-electron chi connectivity index (χ1n) is 12.3. The number of hydrogen-bond donors (Lipinski definition) is 2. The standard InChI is InChI=1S/C29H43N3O/c1-8-9-10-11-12-16-19-30-32-27(31-23-17-14-13-15-18-23)22-20-24(28(2,3)4)26(33)25(21-22)29(5,6)7/h13-15,17-21,33H,8-12,16H2,1-7H3,(H,31,32). The zero-order valence-electron chi connectivity index (χ0n) is 21.7. The van der Waals surface area contributed by atoms with Gasteiger partial charge in [-0.2, -0.15) is 5.10 Å². The fraction of sp³-hybridized carbons (Fsp3) is 0.517. The van der Waals surface area contributed by atoms with E-state index in [4.69, 9.17) is 4.99 Å². The molecule has 0 aliphatic heterocycles. The molecular formula is C29H43N3O. The van der Waals surface area contributed by atoms with E-state index < -0.39 is 0 Å². The molecule has 0 aliphatic carbocycles. The number of nitrogens with one attached hydrogen (secondary N) is 1. The Hall–Kier alpha value is -2.62. The first-order chi connectivity index (χ1) is 15.5. The number of hydrazone groups is 1. The average molecular weight is 450 g/mol. The van der Waals surface area contributed by atoms with Gasteiger partial charge in [-0.15, -0.1) is 0 Å². The number of aliphatic imine (C=N–C) groups is 1. The summed E-state index contributed by atoms with van der Waals surface area (Å²) in [5.41, 5.74) is 6.38. The van der Waals surface area contributed by atoms with Crippen LogP contribution < -0.4 is 5.43 Å². The van der Waals surface area contributed by atoms with Gasteiger partial charge in [-0.25, -0.2) is 4.99 Å². The first-order valence-corrected chi connectivity index (χ1v) is 12.3. The van der Waals surface area contributed by atoms with Crippen molar-refractivity contribution in [1.82, 2.24) is 5.43 Å². The lowest BCUT2D eigenvalue weighted by atomic mass is 9.78. The molecule has 2 aromatic carbocycles. The maximum Gasteiger partial charge on any atom is 0.154 e. The van der Waals surface area contributed by atoms with Gasteiger partial charge in [0.1, 0.15) is 5.75 Å². The minimum Gasteiger partial charge on any atom is -0.507 e. The number of amidine groups is 1. The van der Waals surface area contributed by atoms with Crippen LogP contribution in [-0.4, -0.2) is 17.2 Å². The van der Waals surface area contributed by atoms with E-state index in [9.17, 15) is 5.11 Å².